The summed E-state index contributed by atoms with van der Waals surface area (Å²) in [5, 5.41) is 8.67. The molecule has 0 unspecified atom stereocenters. The zero-order chi connectivity index (χ0) is 24.4. The zero-order valence-electron chi connectivity index (χ0n) is 19.2. The number of hydrogen-bond acceptors (Lipinski definition) is 4. The number of nitrogens with one attached hydrogen (secondary N) is 1. The first-order valence-corrected chi connectivity index (χ1v) is 11.8. The quantitative estimate of drug-likeness (QED) is 0.397. The van der Waals surface area contributed by atoms with Crippen molar-refractivity contribution in [2.75, 3.05) is 19.6 Å². The Bertz CT molecular complexity index is 1460. The Balaban J connectivity index is 1.37. The van der Waals surface area contributed by atoms with Gasteiger partial charge in [-0.1, -0.05) is 30.3 Å². The number of benzene rings is 2. The Labute approximate surface area is 200 Å². The van der Waals surface area contributed by atoms with Crippen LogP contribution in [0.15, 0.2) is 59.5 Å². The lowest BCUT2D eigenvalue weighted by atomic mass is 10.2. The Morgan fingerprint density at radius 1 is 1.06 bits per heavy atom. The van der Waals surface area contributed by atoms with E-state index in [1.807, 2.05) is 33.7 Å². The molecule has 1 aliphatic heterocycles. The van der Waals surface area contributed by atoms with Crippen LogP contribution in [0, 0.1) is 5.82 Å². The largest absolute Gasteiger partial charge is 0.354 e. The zero-order valence-corrected chi connectivity index (χ0v) is 19.2. The number of aromatic nitrogens is 3. The second-order valence-corrected chi connectivity index (χ2v) is 8.79. The van der Waals surface area contributed by atoms with Gasteiger partial charge < -0.3 is 14.8 Å². The van der Waals surface area contributed by atoms with Gasteiger partial charge in [0, 0.05) is 48.9 Å². The van der Waals surface area contributed by atoms with Gasteiger partial charge in [0.15, 0.2) is 0 Å². The highest BCUT2D eigenvalue weighted by molar-refractivity contribution is 6.07. The van der Waals surface area contributed by atoms with Crippen LogP contribution in [-0.2, 0) is 22.7 Å². The fourth-order valence-electron chi connectivity index (χ4n) is 4.67. The van der Waals surface area contributed by atoms with E-state index in [2.05, 4.69) is 10.4 Å². The van der Waals surface area contributed by atoms with Gasteiger partial charge in [0.1, 0.15) is 17.9 Å². The monoisotopic (exact) mass is 475 g/mol. The number of rotatable bonds is 8. The molecule has 5 rings (SSSR count). The van der Waals surface area contributed by atoms with Gasteiger partial charge in [-0.25, -0.2) is 9.07 Å². The van der Waals surface area contributed by atoms with Crippen molar-refractivity contribution in [3.05, 3.63) is 76.5 Å². The maximum Gasteiger partial charge on any atom is 0.291 e. The number of amides is 2. The Morgan fingerprint density at radius 3 is 2.63 bits per heavy atom. The average molecular weight is 476 g/mol. The SMILES string of the molecule is O=C(Cn1ncc2c3ccccc3n(Cc3ccc(F)cc3)c2c1=O)NCCCN1CCCC1=O. The number of hydrogen-bond donors (Lipinski definition) is 1. The lowest BCUT2D eigenvalue weighted by Gasteiger charge is -2.15. The van der Waals surface area contributed by atoms with E-state index in [1.54, 1.807) is 18.3 Å². The summed E-state index contributed by atoms with van der Waals surface area (Å²) in [5.74, 6) is -0.468. The molecule has 180 valence electrons. The molecule has 2 aromatic carbocycles. The van der Waals surface area contributed by atoms with E-state index in [0.717, 1.165) is 29.4 Å². The van der Waals surface area contributed by atoms with Crippen LogP contribution in [0.25, 0.3) is 21.8 Å². The van der Waals surface area contributed by atoms with Crippen molar-refractivity contribution in [1.29, 1.82) is 0 Å². The van der Waals surface area contributed by atoms with Crippen LogP contribution in [-0.4, -0.2) is 50.7 Å². The Morgan fingerprint density at radius 2 is 1.86 bits per heavy atom. The van der Waals surface area contributed by atoms with Gasteiger partial charge in [-0.2, -0.15) is 5.10 Å². The van der Waals surface area contributed by atoms with Crippen molar-refractivity contribution in [2.45, 2.75) is 32.4 Å². The van der Waals surface area contributed by atoms with E-state index in [1.165, 1.54) is 16.8 Å². The molecule has 0 saturated carbocycles. The van der Waals surface area contributed by atoms with Crippen LogP contribution < -0.4 is 10.9 Å². The maximum atomic E-state index is 13.4. The summed E-state index contributed by atoms with van der Waals surface area (Å²) >= 11 is 0. The first kappa shape index (κ1) is 22.8. The highest BCUT2D eigenvalue weighted by atomic mass is 19.1. The van der Waals surface area contributed by atoms with E-state index in [4.69, 9.17) is 0 Å². The van der Waals surface area contributed by atoms with E-state index < -0.39 is 0 Å². The maximum absolute atomic E-state index is 13.4. The number of halogens is 1. The highest BCUT2D eigenvalue weighted by Crippen LogP contribution is 2.27. The Kier molecular flexibility index (Phi) is 6.31. The normalized spacial score (nSPS) is 13.7. The molecule has 2 amide bonds. The number of carbonyl (C=O) groups excluding carboxylic acids is 2. The van der Waals surface area contributed by atoms with Gasteiger partial charge >= 0.3 is 0 Å². The van der Waals surface area contributed by atoms with Crippen LogP contribution >= 0.6 is 0 Å². The molecular weight excluding hydrogens is 449 g/mol. The fraction of sp³-hybridized carbons (Fsp3) is 0.308. The van der Waals surface area contributed by atoms with Crippen molar-refractivity contribution in [1.82, 2.24) is 24.6 Å². The third-order valence-corrected chi connectivity index (χ3v) is 6.42. The average Bonchev–Trinajstić information content (AvgIpc) is 3.41. The summed E-state index contributed by atoms with van der Waals surface area (Å²) in [6.07, 6.45) is 3.76. The van der Waals surface area contributed by atoms with Gasteiger partial charge in [0.2, 0.25) is 11.8 Å². The van der Waals surface area contributed by atoms with Gasteiger partial charge in [-0.15, -0.1) is 0 Å². The molecular formula is C26H26FN5O3. The smallest absolute Gasteiger partial charge is 0.291 e. The van der Waals surface area contributed by atoms with Crippen molar-refractivity contribution in [2.24, 2.45) is 0 Å². The van der Waals surface area contributed by atoms with Crippen LogP contribution in [0.5, 0.6) is 0 Å². The highest BCUT2D eigenvalue weighted by Gasteiger charge is 2.20. The lowest BCUT2D eigenvalue weighted by Crippen LogP contribution is -2.35. The predicted octanol–water partition coefficient (Wildman–Crippen LogP) is 2.67. The first-order chi connectivity index (χ1) is 17.0. The summed E-state index contributed by atoms with van der Waals surface area (Å²) in [4.78, 5) is 39.4. The molecule has 0 bridgehead atoms. The van der Waals surface area contributed by atoms with Crippen LogP contribution in [0.2, 0.25) is 0 Å². The van der Waals surface area contributed by atoms with Gasteiger partial charge in [-0.3, -0.25) is 14.4 Å². The van der Waals surface area contributed by atoms with Crippen molar-refractivity contribution in [3.8, 4) is 0 Å². The molecule has 0 aliphatic carbocycles. The molecule has 1 N–H and O–H groups in total. The summed E-state index contributed by atoms with van der Waals surface area (Å²) in [5.41, 5.74) is 1.81. The second kappa shape index (κ2) is 9.69. The molecule has 35 heavy (non-hydrogen) atoms. The minimum absolute atomic E-state index is 0.163. The Hall–Kier alpha value is -4.01. The third kappa shape index (κ3) is 4.66. The van der Waals surface area contributed by atoms with Crippen molar-refractivity contribution in [3.63, 3.8) is 0 Å². The van der Waals surface area contributed by atoms with E-state index in [0.29, 0.717) is 43.4 Å². The van der Waals surface area contributed by atoms with Crippen LogP contribution in [0.3, 0.4) is 0 Å². The number of nitrogens with zero attached hydrogens (tertiary/aromatic N) is 4. The molecule has 4 aromatic rings. The molecule has 9 heteroatoms. The van der Waals surface area contributed by atoms with Crippen LogP contribution in [0.4, 0.5) is 4.39 Å². The van der Waals surface area contributed by atoms with Crippen LogP contribution in [0.1, 0.15) is 24.8 Å². The second-order valence-electron chi connectivity index (χ2n) is 8.79. The molecule has 0 atom stereocenters. The number of para-hydroxylation sites is 1. The molecule has 2 aromatic heterocycles. The standard InChI is InChI=1S/C26H26FN5O3/c27-19-10-8-18(9-11-19)16-31-22-6-2-1-5-20(22)21-15-29-32(26(35)25(21)31)17-23(33)28-12-4-14-30-13-3-7-24(30)34/h1-2,5-6,8-11,15H,3-4,7,12-14,16-17H2,(H,28,33). The van der Waals surface area contributed by atoms with E-state index >= 15 is 0 Å². The summed E-state index contributed by atoms with van der Waals surface area (Å²) in [6, 6.07) is 13.8. The first-order valence-electron chi connectivity index (χ1n) is 11.8. The van der Waals surface area contributed by atoms with E-state index in [9.17, 15) is 18.8 Å². The summed E-state index contributed by atoms with van der Waals surface area (Å²) in [6.45, 7) is 2.00. The third-order valence-electron chi connectivity index (χ3n) is 6.42. The van der Waals surface area contributed by atoms with E-state index in [-0.39, 0.29) is 29.7 Å². The number of carbonyl (C=O) groups is 2. The predicted molar refractivity (Wildman–Crippen MR) is 130 cm³/mol. The molecule has 1 saturated heterocycles. The lowest BCUT2D eigenvalue weighted by molar-refractivity contribution is -0.127. The summed E-state index contributed by atoms with van der Waals surface area (Å²) < 4.78 is 16.5. The van der Waals surface area contributed by atoms with Gasteiger partial charge in [0.05, 0.1) is 6.20 Å². The molecule has 3 heterocycles. The molecule has 0 radical (unpaired) electrons. The minimum atomic E-state index is -0.362. The molecule has 1 fully saturated rings. The number of likely N-dealkylation sites (tertiary alicyclic amines) is 1. The minimum Gasteiger partial charge on any atom is -0.354 e. The summed E-state index contributed by atoms with van der Waals surface area (Å²) in [7, 11) is 0. The molecule has 1 aliphatic rings. The molecule has 0 spiro atoms. The topological polar surface area (TPSA) is 89.2 Å². The number of fused-ring (bicyclic) bond motifs is 3. The molecule has 8 nitrogen and oxygen atoms in total. The van der Waals surface area contributed by atoms with Crippen molar-refractivity contribution < 1.29 is 14.0 Å². The van der Waals surface area contributed by atoms with Gasteiger partial charge in [-0.05, 0) is 36.6 Å². The van der Waals surface area contributed by atoms with Crippen molar-refractivity contribution >= 4 is 33.6 Å². The van der Waals surface area contributed by atoms with Gasteiger partial charge in [0.25, 0.3) is 5.56 Å². The fourth-order valence-corrected chi connectivity index (χ4v) is 4.67.